The molecule has 1 amide bonds. The van der Waals surface area contributed by atoms with E-state index >= 15 is 0 Å². The maximum atomic E-state index is 12.1. The summed E-state index contributed by atoms with van der Waals surface area (Å²) in [5, 5.41) is 3.11. The molecule has 0 heterocycles. The van der Waals surface area contributed by atoms with Gasteiger partial charge in [0.2, 0.25) is 5.91 Å². The third-order valence-electron chi connectivity index (χ3n) is 2.69. The molecule has 3 nitrogen and oxygen atoms in total. The lowest BCUT2D eigenvalue weighted by Crippen LogP contribution is -2.22. The third-order valence-corrected chi connectivity index (χ3v) is 4.14. The Labute approximate surface area is 127 Å². The number of halogens is 1. The summed E-state index contributed by atoms with van der Waals surface area (Å²) in [6.45, 7) is 1.87. The number of hydrogen-bond acceptors (Lipinski definition) is 3. The summed E-state index contributed by atoms with van der Waals surface area (Å²) < 4.78 is 0. The van der Waals surface area contributed by atoms with Gasteiger partial charge in [0.05, 0.1) is 16.0 Å². The number of carbonyl (C=O) groups excluding carboxylic acids is 1. The van der Waals surface area contributed by atoms with Crippen LogP contribution in [-0.2, 0) is 4.79 Å². The molecule has 0 spiro atoms. The van der Waals surface area contributed by atoms with Gasteiger partial charge < -0.3 is 11.1 Å². The molecule has 1 unspecified atom stereocenters. The Balaban J connectivity index is 1.99. The number of nitrogen functional groups attached to an aromatic ring is 1. The SMILES string of the molecule is CC(Sc1ccccc1)C(=O)Nc1ccc(Cl)c(N)c1. The molecule has 0 aliphatic carbocycles. The van der Waals surface area contributed by atoms with Crippen molar-refractivity contribution in [3.05, 3.63) is 53.6 Å². The van der Waals surface area contributed by atoms with E-state index < -0.39 is 0 Å². The summed E-state index contributed by atoms with van der Waals surface area (Å²) in [7, 11) is 0. The number of nitrogens with two attached hydrogens (primary N) is 1. The van der Waals surface area contributed by atoms with E-state index in [4.69, 9.17) is 17.3 Å². The zero-order valence-corrected chi connectivity index (χ0v) is 12.5. The molecule has 0 saturated heterocycles. The fraction of sp³-hybridized carbons (Fsp3) is 0.133. The molecule has 2 rings (SSSR count). The Bertz CT molecular complexity index is 604. The van der Waals surface area contributed by atoms with Crippen LogP contribution in [-0.4, -0.2) is 11.2 Å². The van der Waals surface area contributed by atoms with E-state index in [9.17, 15) is 4.79 Å². The first-order chi connectivity index (χ1) is 9.56. The Morgan fingerprint density at radius 3 is 2.60 bits per heavy atom. The summed E-state index contributed by atoms with van der Waals surface area (Å²) in [6, 6.07) is 14.9. The smallest absolute Gasteiger partial charge is 0.237 e. The standard InChI is InChI=1S/C15H15ClN2OS/c1-10(20-12-5-3-2-4-6-12)15(19)18-11-7-8-13(16)14(17)9-11/h2-10H,17H2,1H3,(H,18,19). The highest BCUT2D eigenvalue weighted by Gasteiger charge is 2.14. The second kappa shape index (κ2) is 6.68. The van der Waals surface area contributed by atoms with Gasteiger partial charge in [0.25, 0.3) is 0 Å². The average Bonchev–Trinajstić information content (AvgIpc) is 2.44. The van der Waals surface area contributed by atoms with Gasteiger partial charge in [0, 0.05) is 10.6 Å². The van der Waals surface area contributed by atoms with Crippen LogP contribution in [0.4, 0.5) is 11.4 Å². The Morgan fingerprint density at radius 2 is 1.95 bits per heavy atom. The van der Waals surface area contributed by atoms with Gasteiger partial charge in [-0.15, -0.1) is 11.8 Å². The molecule has 20 heavy (non-hydrogen) atoms. The van der Waals surface area contributed by atoms with E-state index in [2.05, 4.69) is 5.32 Å². The number of carbonyl (C=O) groups is 1. The maximum Gasteiger partial charge on any atom is 0.237 e. The van der Waals surface area contributed by atoms with Crippen LogP contribution in [0.3, 0.4) is 0 Å². The van der Waals surface area contributed by atoms with Crippen molar-refractivity contribution in [1.29, 1.82) is 0 Å². The lowest BCUT2D eigenvalue weighted by Gasteiger charge is -2.12. The van der Waals surface area contributed by atoms with Gasteiger partial charge in [-0.2, -0.15) is 0 Å². The molecule has 0 aliphatic heterocycles. The quantitative estimate of drug-likeness (QED) is 0.662. The van der Waals surface area contributed by atoms with Gasteiger partial charge in [0.15, 0.2) is 0 Å². The Hall–Kier alpha value is -1.65. The number of nitrogens with one attached hydrogen (secondary N) is 1. The van der Waals surface area contributed by atoms with Crippen molar-refractivity contribution in [2.75, 3.05) is 11.1 Å². The topological polar surface area (TPSA) is 55.1 Å². The molecular weight excluding hydrogens is 292 g/mol. The largest absolute Gasteiger partial charge is 0.397 e. The number of anilines is 2. The highest BCUT2D eigenvalue weighted by molar-refractivity contribution is 8.00. The van der Waals surface area contributed by atoms with Crippen molar-refractivity contribution in [2.24, 2.45) is 0 Å². The van der Waals surface area contributed by atoms with Crippen molar-refractivity contribution in [3.63, 3.8) is 0 Å². The first kappa shape index (κ1) is 14.8. The number of benzene rings is 2. The summed E-state index contributed by atoms with van der Waals surface area (Å²) in [6.07, 6.45) is 0. The fourth-order valence-electron chi connectivity index (χ4n) is 1.62. The highest BCUT2D eigenvalue weighted by atomic mass is 35.5. The van der Waals surface area contributed by atoms with Crippen LogP contribution in [0.25, 0.3) is 0 Å². The lowest BCUT2D eigenvalue weighted by molar-refractivity contribution is -0.115. The van der Waals surface area contributed by atoms with Crippen LogP contribution in [0.15, 0.2) is 53.4 Å². The Kier molecular flexibility index (Phi) is 4.93. The van der Waals surface area contributed by atoms with Crippen molar-refractivity contribution in [1.82, 2.24) is 0 Å². The first-order valence-electron chi connectivity index (χ1n) is 6.14. The van der Waals surface area contributed by atoms with Gasteiger partial charge in [0.1, 0.15) is 0 Å². The minimum absolute atomic E-state index is 0.0689. The first-order valence-corrected chi connectivity index (χ1v) is 7.39. The van der Waals surface area contributed by atoms with Crippen LogP contribution in [0.1, 0.15) is 6.92 Å². The van der Waals surface area contributed by atoms with Crippen LogP contribution in [0.2, 0.25) is 5.02 Å². The molecule has 0 aromatic heterocycles. The summed E-state index contributed by atoms with van der Waals surface area (Å²) >= 11 is 7.35. The van der Waals surface area contributed by atoms with Gasteiger partial charge in [-0.1, -0.05) is 29.8 Å². The number of rotatable bonds is 4. The van der Waals surface area contributed by atoms with Gasteiger partial charge in [-0.3, -0.25) is 4.79 Å². The van der Waals surface area contributed by atoms with Crippen LogP contribution < -0.4 is 11.1 Å². The molecular formula is C15H15ClN2OS. The predicted molar refractivity (Wildman–Crippen MR) is 86.3 cm³/mol. The van der Waals surface area contributed by atoms with E-state index in [1.54, 1.807) is 18.2 Å². The Morgan fingerprint density at radius 1 is 1.25 bits per heavy atom. The number of thioether (sulfide) groups is 1. The number of hydrogen-bond donors (Lipinski definition) is 2. The van der Waals surface area contributed by atoms with E-state index in [0.717, 1.165) is 4.90 Å². The van der Waals surface area contributed by atoms with Gasteiger partial charge in [-0.25, -0.2) is 0 Å². The van der Waals surface area contributed by atoms with Gasteiger partial charge in [-0.05, 0) is 37.3 Å². The van der Waals surface area contributed by atoms with E-state index in [-0.39, 0.29) is 11.2 Å². The lowest BCUT2D eigenvalue weighted by atomic mass is 10.2. The van der Waals surface area contributed by atoms with Crippen molar-refractivity contribution < 1.29 is 4.79 Å². The molecule has 0 radical (unpaired) electrons. The molecule has 2 aromatic rings. The molecule has 5 heteroatoms. The minimum Gasteiger partial charge on any atom is -0.397 e. The zero-order chi connectivity index (χ0) is 14.5. The maximum absolute atomic E-state index is 12.1. The summed E-state index contributed by atoms with van der Waals surface area (Å²) in [5.41, 5.74) is 6.81. The monoisotopic (exact) mass is 306 g/mol. The van der Waals surface area contributed by atoms with Crippen molar-refractivity contribution in [2.45, 2.75) is 17.1 Å². The van der Waals surface area contributed by atoms with Gasteiger partial charge >= 0.3 is 0 Å². The molecule has 2 aromatic carbocycles. The van der Waals surface area contributed by atoms with Crippen molar-refractivity contribution in [3.8, 4) is 0 Å². The van der Waals surface area contributed by atoms with Crippen LogP contribution in [0, 0.1) is 0 Å². The van der Waals surface area contributed by atoms with E-state index in [0.29, 0.717) is 16.4 Å². The molecule has 3 N–H and O–H groups in total. The fourth-order valence-corrected chi connectivity index (χ4v) is 2.63. The molecule has 104 valence electrons. The highest BCUT2D eigenvalue weighted by Crippen LogP contribution is 2.25. The molecule has 0 fully saturated rings. The second-order valence-corrected chi connectivity index (χ2v) is 6.12. The predicted octanol–water partition coefficient (Wildman–Crippen LogP) is 4.04. The molecule has 1 atom stereocenters. The van der Waals surface area contributed by atoms with Crippen LogP contribution >= 0.6 is 23.4 Å². The third kappa shape index (κ3) is 3.92. The van der Waals surface area contributed by atoms with E-state index in [1.165, 1.54) is 11.8 Å². The molecule has 0 aliphatic rings. The normalized spacial score (nSPS) is 11.9. The minimum atomic E-state index is -0.200. The average molecular weight is 307 g/mol. The molecule has 0 bridgehead atoms. The molecule has 0 saturated carbocycles. The number of amides is 1. The zero-order valence-electron chi connectivity index (χ0n) is 11.0. The summed E-state index contributed by atoms with van der Waals surface area (Å²) in [4.78, 5) is 13.2. The van der Waals surface area contributed by atoms with Crippen molar-refractivity contribution >= 4 is 40.6 Å². The summed E-state index contributed by atoms with van der Waals surface area (Å²) in [5.74, 6) is -0.0689. The second-order valence-electron chi connectivity index (χ2n) is 4.30. The van der Waals surface area contributed by atoms with E-state index in [1.807, 2.05) is 37.3 Å². The van der Waals surface area contributed by atoms with Crippen LogP contribution in [0.5, 0.6) is 0 Å².